The molecule has 0 spiro atoms. The average molecular weight is 290 g/mol. The molecule has 0 bridgehead atoms. The van der Waals surface area contributed by atoms with Gasteiger partial charge in [-0.1, -0.05) is 42.5 Å². The fraction of sp³-hybridized carbons (Fsp3) is 0.0714. The Morgan fingerprint density at radius 1 is 1.00 bits per heavy atom. The molecule has 0 aliphatic heterocycles. The summed E-state index contributed by atoms with van der Waals surface area (Å²) in [5.74, 6) is 4.28. The molecule has 2 aromatic rings. The fourth-order valence-electron chi connectivity index (χ4n) is 1.87. The highest BCUT2D eigenvalue weighted by atomic mass is 32.2. The van der Waals surface area contributed by atoms with Crippen molar-refractivity contribution in [2.24, 2.45) is 5.84 Å². The van der Waals surface area contributed by atoms with Gasteiger partial charge in [-0.25, -0.2) is 14.3 Å². The summed E-state index contributed by atoms with van der Waals surface area (Å²) in [5, 5.41) is 0. The van der Waals surface area contributed by atoms with Gasteiger partial charge in [-0.3, -0.25) is 10.2 Å². The van der Waals surface area contributed by atoms with E-state index in [4.69, 9.17) is 5.84 Å². The molecule has 0 fully saturated rings. The van der Waals surface area contributed by atoms with Gasteiger partial charge in [0, 0.05) is 0 Å². The van der Waals surface area contributed by atoms with Crippen LogP contribution in [0.15, 0.2) is 59.5 Å². The number of nitrogens with one attached hydrogen (secondary N) is 1. The predicted molar refractivity (Wildman–Crippen MR) is 75.4 cm³/mol. The number of hydrazine groups is 1. The van der Waals surface area contributed by atoms with Crippen LogP contribution in [0, 0.1) is 0 Å². The van der Waals surface area contributed by atoms with Crippen molar-refractivity contribution in [2.75, 3.05) is 0 Å². The van der Waals surface area contributed by atoms with E-state index in [1.807, 2.05) is 11.5 Å². The summed E-state index contributed by atoms with van der Waals surface area (Å²) < 4.78 is 24.8. The maximum Gasteiger partial charge on any atom is 0.266 e. The number of nitrogens with two attached hydrogens (primary N) is 1. The molecule has 1 amide bonds. The lowest BCUT2D eigenvalue weighted by molar-refractivity contribution is 0.0950. The van der Waals surface area contributed by atoms with E-state index in [1.165, 1.54) is 12.1 Å². The molecule has 20 heavy (non-hydrogen) atoms. The third-order valence-corrected chi connectivity index (χ3v) is 4.54. The molecule has 5 nitrogen and oxygen atoms in total. The molecule has 2 aromatic carbocycles. The number of sulfone groups is 1. The number of nitrogen functional groups attached to an aromatic ring is 1. The van der Waals surface area contributed by atoms with Crippen LogP contribution in [0.4, 0.5) is 0 Å². The van der Waals surface area contributed by atoms with Crippen LogP contribution in [-0.2, 0) is 15.6 Å². The van der Waals surface area contributed by atoms with Crippen molar-refractivity contribution >= 4 is 15.7 Å². The molecule has 0 heterocycles. The Hall–Kier alpha value is -2.18. The lowest BCUT2D eigenvalue weighted by Gasteiger charge is -2.09. The van der Waals surface area contributed by atoms with Crippen molar-refractivity contribution in [1.29, 1.82) is 0 Å². The zero-order valence-electron chi connectivity index (χ0n) is 10.6. The molecule has 3 N–H and O–H groups in total. The Balaban J connectivity index is 2.42. The second kappa shape index (κ2) is 5.85. The Morgan fingerprint density at radius 3 is 2.25 bits per heavy atom. The molecular weight excluding hydrogens is 276 g/mol. The topological polar surface area (TPSA) is 89.3 Å². The molecule has 0 aromatic heterocycles. The Bertz CT molecular complexity index is 712. The molecule has 0 saturated carbocycles. The molecule has 0 unspecified atom stereocenters. The van der Waals surface area contributed by atoms with Gasteiger partial charge >= 0.3 is 0 Å². The van der Waals surface area contributed by atoms with Gasteiger partial charge in [0.2, 0.25) is 0 Å². The maximum absolute atomic E-state index is 12.4. The zero-order valence-corrected chi connectivity index (χ0v) is 11.4. The molecule has 6 heteroatoms. The normalized spacial score (nSPS) is 11.1. The van der Waals surface area contributed by atoms with Gasteiger partial charge in [-0.2, -0.15) is 0 Å². The van der Waals surface area contributed by atoms with Crippen molar-refractivity contribution in [3.63, 3.8) is 0 Å². The number of carbonyl (C=O) groups excluding carboxylic acids is 1. The second-order valence-corrected chi connectivity index (χ2v) is 6.17. The highest BCUT2D eigenvalue weighted by molar-refractivity contribution is 7.90. The van der Waals surface area contributed by atoms with Gasteiger partial charge in [0.15, 0.2) is 9.84 Å². The zero-order chi connectivity index (χ0) is 14.6. The SMILES string of the molecule is NNC(=O)c1ccccc1S(=O)(=O)Cc1ccccc1. The lowest BCUT2D eigenvalue weighted by Crippen LogP contribution is -2.31. The average Bonchev–Trinajstić information content (AvgIpc) is 2.47. The minimum atomic E-state index is -3.62. The first-order valence-electron chi connectivity index (χ1n) is 5.91. The van der Waals surface area contributed by atoms with Crippen LogP contribution in [0.5, 0.6) is 0 Å². The van der Waals surface area contributed by atoms with Crippen LogP contribution in [-0.4, -0.2) is 14.3 Å². The highest BCUT2D eigenvalue weighted by Gasteiger charge is 2.22. The molecule has 0 atom stereocenters. The number of hydrogen-bond acceptors (Lipinski definition) is 4. The highest BCUT2D eigenvalue weighted by Crippen LogP contribution is 2.20. The largest absolute Gasteiger partial charge is 0.290 e. The Labute approximate surface area is 117 Å². The Kier molecular flexibility index (Phi) is 4.16. The Morgan fingerprint density at radius 2 is 1.60 bits per heavy atom. The second-order valence-electron chi connectivity index (χ2n) is 4.21. The summed E-state index contributed by atoms with van der Waals surface area (Å²) in [6.45, 7) is 0. The van der Waals surface area contributed by atoms with E-state index >= 15 is 0 Å². The summed E-state index contributed by atoms with van der Waals surface area (Å²) in [6, 6.07) is 14.8. The van der Waals surface area contributed by atoms with Gasteiger partial charge in [-0.15, -0.1) is 0 Å². The monoisotopic (exact) mass is 290 g/mol. The quantitative estimate of drug-likeness (QED) is 0.504. The van der Waals surface area contributed by atoms with E-state index in [0.29, 0.717) is 5.56 Å². The third-order valence-electron chi connectivity index (χ3n) is 2.80. The maximum atomic E-state index is 12.4. The minimum Gasteiger partial charge on any atom is -0.290 e. The van der Waals surface area contributed by atoms with Crippen LogP contribution in [0.3, 0.4) is 0 Å². The van der Waals surface area contributed by atoms with E-state index in [2.05, 4.69) is 0 Å². The molecule has 0 aliphatic rings. The first-order valence-corrected chi connectivity index (χ1v) is 7.56. The van der Waals surface area contributed by atoms with Crippen LogP contribution < -0.4 is 11.3 Å². The summed E-state index contributed by atoms with van der Waals surface area (Å²) in [5.41, 5.74) is 2.66. The van der Waals surface area contributed by atoms with Crippen molar-refractivity contribution in [2.45, 2.75) is 10.6 Å². The van der Waals surface area contributed by atoms with Gasteiger partial charge in [0.1, 0.15) is 0 Å². The van der Waals surface area contributed by atoms with Gasteiger partial charge in [0.25, 0.3) is 5.91 Å². The van der Waals surface area contributed by atoms with Gasteiger partial charge in [-0.05, 0) is 17.7 Å². The summed E-state index contributed by atoms with van der Waals surface area (Å²) in [6.07, 6.45) is 0. The standard InChI is InChI=1S/C14H14N2O3S/c15-16-14(17)12-8-4-5-9-13(12)20(18,19)10-11-6-2-1-3-7-11/h1-9H,10,15H2,(H,16,17). The van der Waals surface area contributed by atoms with Crippen LogP contribution in [0.1, 0.15) is 15.9 Å². The van der Waals surface area contributed by atoms with Crippen LogP contribution in [0.2, 0.25) is 0 Å². The van der Waals surface area contributed by atoms with Gasteiger partial charge < -0.3 is 0 Å². The molecule has 0 saturated heterocycles. The number of carbonyl (C=O) groups is 1. The van der Waals surface area contributed by atoms with Crippen LogP contribution in [0.25, 0.3) is 0 Å². The summed E-state index contributed by atoms with van der Waals surface area (Å²) >= 11 is 0. The molecule has 0 radical (unpaired) electrons. The number of rotatable bonds is 4. The van der Waals surface area contributed by atoms with Crippen molar-refractivity contribution in [1.82, 2.24) is 5.43 Å². The molecular formula is C14H14N2O3S. The first-order chi connectivity index (χ1) is 9.54. The lowest BCUT2D eigenvalue weighted by atomic mass is 10.2. The predicted octanol–water partition coefficient (Wildman–Crippen LogP) is 1.26. The molecule has 2 rings (SSSR count). The summed E-state index contributed by atoms with van der Waals surface area (Å²) in [7, 11) is -3.62. The van der Waals surface area contributed by atoms with E-state index in [1.54, 1.807) is 36.4 Å². The van der Waals surface area contributed by atoms with Crippen molar-refractivity contribution in [3.05, 3.63) is 65.7 Å². The van der Waals surface area contributed by atoms with E-state index < -0.39 is 15.7 Å². The number of hydrogen-bond donors (Lipinski definition) is 2. The van der Waals surface area contributed by atoms with Crippen molar-refractivity contribution in [3.8, 4) is 0 Å². The number of benzene rings is 2. The summed E-state index contributed by atoms with van der Waals surface area (Å²) in [4.78, 5) is 11.6. The third kappa shape index (κ3) is 3.04. The smallest absolute Gasteiger partial charge is 0.266 e. The van der Waals surface area contributed by atoms with Gasteiger partial charge in [0.05, 0.1) is 16.2 Å². The molecule has 104 valence electrons. The van der Waals surface area contributed by atoms with E-state index in [9.17, 15) is 13.2 Å². The van der Waals surface area contributed by atoms with E-state index in [0.717, 1.165) is 0 Å². The van der Waals surface area contributed by atoms with Crippen molar-refractivity contribution < 1.29 is 13.2 Å². The van der Waals surface area contributed by atoms with E-state index in [-0.39, 0.29) is 16.2 Å². The first kappa shape index (κ1) is 14.2. The number of amides is 1. The fourth-order valence-corrected chi connectivity index (χ4v) is 3.44. The molecule has 0 aliphatic carbocycles. The minimum absolute atomic E-state index is 0.0215. The van der Waals surface area contributed by atoms with Crippen LogP contribution >= 0.6 is 0 Å².